The first-order valence-electron chi connectivity index (χ1n) is 8.43. The van der Waals surface area contributed by atoms with E-state index in [1.165, 1.54) is 24.8 Å². The Labute approximate surface area is 130 Å². The monoisotopic (exact) mass is 289 g/mol. The SMILES string of the molecule is CC(C)Cc1cccc(C(O)C(C)(C)N2CCCCC2)c1. The second kappa shape index (κ2) is 6.93. The van der Waals surface area contributed by atoms with Crippen LogP contribution in [0.1, 0.15) is 64.2 Å². The van der Waals surface area contributed by atoms with Crippen molar-refractivity contribution in [1.29, 1.82) is 0 Å². The van der Waals surface area contributed by atoms with Crippen LogP contribution in [0.5, 0.6) is 0 Å². The maximum absolute atomic E-state index is 10.9. The smallest absolute Gasteiger partial charge is 0.0968 e. The van der Waals surface area contributed by atoms with E-state index < -0.39 is 6.10 Å². The van der Waals surface area contributed by atoms with Crippen molar-refractivity contribution in [2.45, 2.75) is 65.0 Å². The predicted octanol–water partition coefficient (Wildman–Crippen LogP) is 4.18. The number of piperidine rings is 1. The van der Waals surface area contributed by atoms with E-state index in [-0.39, 0.29) is 5.54 Å². The summed E-state index contributed by atoms with van der Waals surface area (Å²) < 4.78 is 0. The zero-order valence-electron chi connectivity index (χ0n) is 14.1. The Bertz CT molecular complexity index is 447. The molecule has 0 spiro atoms. The minimum absolute atomic E-state index is 0.198. The normalized spacial score (nSPS) is 19.0. The fourth-order valence-electron chi connectivity index (χ4n) is 3.41. The van der Waals surface area contributed by atoms with Crippen molar-refractivity contribution in [3.8, 4) is 0 Å². The second-order valence-corrected chi connectivity index (χ2v) is 7.45. The van der Waals surface area contributed by atoms with E-state index in [0.717, 1.165) is 25.1 Å². The van der Waals surface area contributed by atoms with Crippen LogP contribution in [-0.4, -0.2) is 28.6 Å². The minimum atomic E-state index is -0.428. The van der Waals surface area contributed by atoms with Gasteiger partial charge < -0.3 is 5.11 Å². The Morgan fingerprint density at radius 1 is 1.14 bits per heavy atom. The van der Waals surface area contributed by atoms with Gasteiger partial charge in [0.2, 0.25) is 0 Å². The summed E-state index contributed by atoms with van der Waals surface area (Å²) in [4.78, 5) is 2.45. The number of hydrogen-bond acceptors (Lipinski definition) is 2. The van der Waals surface area contributed by atoms with Crippen LogP contribution in [0.4, 0.5) is 0 Å². The van der Waals surface area contributed by atoms with Gasteiger partial charge in [0.1, 0.15) is 0 Å². The standard InChI is InChI=1S/C19H31NO/c1-15(2)13-16-9-8-10-17(14-16)18(21)19(3,4)20-11-6-5-7-12-20/h8-10,14-15,18,21H,5-7,11-13H2,1-4H3. The summed E-state index contributed by atoms with van der Waals surface area (Å²) in [6.45, 7) is 11.0. The van der Waals surface area contributed by atoms with Gasteiger partial charge in [-0.05, 0) is 63.2 Å². The topological polar surface area (TPSA) is 23.5 Å². The van der Waals surface area contributed by atoms with E-state index in [9.17, 15) is 5.11 Å². The molecule has 0 bridgehead atoms. The number of hydrogen-bond donors (Lipinski definition) is 1. The summed E-state index contributed by atoms with van der Waals surface area (Å²) in [7, 11) is 0. The van der Waals surface area contributed by atoms with Crippen molar-refractivity contribution in [2.24, 2.45) is 5.92 Å². The number of rotatable bonds is 5. The number of aliphatic hydroxyl groups is 1. The van der Waals surface area contributed by atoms with E-state index in [2.05, 4.69) is 56.9 Å². The zero-order chi connectivity index (χ0) is 15.5. The molecular weight excluding hydrogens is 258 g/mol. The molecule has 1 saturated heterocycles. The van der Waals surface area contributed by atoms with Gasteiger partial charge >= 0.3 is 0 Å². The van der Waals surface area contributed by atoms with Crippen molar-refractivity contribution in [1.82, 2.24) is 4.90 Å². The number of likely N-dealkylation sites (tertiary alicyclic amines) is 1. The Morgan fingerprint density at radius 2 is 1.81 bits per heavy atom. The third-order valence-electron chi connectivity index (χ3n) is 4.75. The van der Waals surface area contributed by atoms with Gasteiger partial charge in [-0.1, -0.05) is 44.5 Å². The molecule has 1 atom stereocenters. The summed E-state index contributed by atoms with van der Waals surface area (Å²) in [5.74, 6) is 0.646. The largest absolute Gasteiger partial charge is 0.386 e. The molecule has 21 heavy (non-hydrogen) atoms. The summed E-state index contributed by atoms with van der Waals surface area (Å²) >= 11 is 0. The molecule has 1 aromatic rings. The number of nitrogens with zero attached hydrogens (tertiary/aromatic N) is 1. The third kappa shape index (κ3) is 4.08. The lowest BCUT2D eigenvalue weighted by atomic mass is 9.86. The van der Waals surface area contributed by atoms with Crippen LogP contribution in [0.15, 0.2) is 24.3 Å². The molecule has 1 aromatic carbocycles. The minimum Gasteiger partial charge on any atom is -0.386 e. The third-order valence-corrected chi connectivity index (χ3v) is 4.75. The average molecular weight is 289 g/mol. The van der Waals surface area contributed by atoms with Crippen LogP contribution in [0.25, 0.3) is 0 Å². The van der Waals surface area contributed by atoms with Gasteiger partial charge in [-0.3, -0.25) is 4.90 Å². The van der Waals surface area contributed by atoms with Gasteiger partial charge in [0.15, 0.2) is 0 Å². The van der Waals surface area contributed by atoms with Crippen LogP contribution in [0, 0.1) is 5.92 Å². The molecule has 0 aliphatic carbocycles. The van der Waals surface area contributed by atoms with Gasteiger partial charge in [-0.15, -0.1) is 0 Å². The summed E-state index contributed by atoms with van der Waals surface area (Å²) in [5.41, 5.74) is 2.19. The van der Waals surface area contributed by atoms with Crippen LogP contribution < -0.4 is 0 Å². The maximum Gasteiger partial charge on any atom is 0.0968 e. The molecule has 1 fully saturated rings. The molecule has 1 heterocycles. The van der Waals surface area contributed by atoms with Gasteiger partial charge in [0, 0.05) is 5.54 Å². The molecule has 0 amide bonds. The van der Waals surface area contributed by atoms with Crippen molar-refractivity contribution >= 4 is 0 Å². The highest BCUT2D eigenvalue weighted by Gasteiger charge is 2.35. The molecule has 2 rings (SSSR count). The quantitative estimate of drug-likeness (QED) is 0.879. The number of benzene rings is 1. The Kier molecular flexibility index (Phi) is 5.45. The molecular formula is C19H31NO. The average Bonchev–Trinajstić information content (AvgIpc) is 2.47. The Hall–Kier alpha value is -0.860. The molecule has 1 aliphatic heterocycles. The molecule has 1 aliphatic rings. The fraction of sp³-hybridized carbons (Fsp3) is 0.684. The van der Waals surface area contributed by atoms with Crippen LogP contribution in [0.3, 0.4) is 0 Å². The van der Waals surface area contributed by atoms with Gasteiger partial charge in [-0.25, -0.2) is 0 Å². The van der Waals surface area contributed by atoms with E-state index in [1.807, 2.05) is 0 Å². The highest BCUT2D eigenvalue weighted by atomic mass is 16.3. The fourth-order valence-corrected chi connectivity index (χ4v) is 3.41. The molecule has 1 unspecified atom stereocenters. The lowest BCUT2D eigenvalue weighted by Gasteiger charge is -2.44. The molecule has 118 valence electrons. The van der Waals surface area contributed by atoms with Crippen LogP contribution >= 0.6 is 0 Å². The van der Waals surface area contributed by atoms with Crippen LogP contribution in [0.2, 0.25) is 0 Å². The van der Waals surface area contributed by atoms with Crippen molar-refractivity contribution < 1.29 is 5.11 Å². The first-order valence-corrected chi connectivity index (χ1v) is 8.43. The highest BCUT2D eigenvalue weighted by molar-refractivity contribution is 5.27. The maximum atomic E-state index is 10.9. The first-order chi connectivity index (χ1) is 9.91. The Morgan fingerprint density at radius 3 is 2.43 bits per heavy atom. The van der Waals surface area contributed by atoms with Crippen molar-refractivity contribution in [2.75, 3.05) is 13.1 Å². The van der Waals surface area contributed by atoms with Crippen molar-refractivity contribution in [3.63, 3.8) is 0 Å². The van der Waals surface area contributed by atoms with Crippen LogP contribution in [-0.2, 0) is 6.42 Å². The van der Waals surface area contributed by atoms with E-state index in [4.69, 9.17) is 0 Å². The first kappa shape index (κ1) is 16.5. The van der Waals surface area contributed by atoms with E-state index in [1.54, 1.807) is 0 Å². The molecule has 0 aromatic heterocycles. The lowest BCUT2D eigenvalue weighted by Crippen LogP contribution is -2.50. The Balaban J connectivity index is 2.15. The summed E-state index contributed by atoms with van der Waals surface area (Å²) in [5, 5.41) is 10.9. The number of aliphatic hydroxyl groups excluding tert-OH is 1. The summed E-state index contributed by atoms with van der Waals surface area (Å²) in [6.07, 6.45) is 4.48. The van der Waals surface area contributed by atoms with E-state index >= 15 is 0 Å². The van der Waals surface area contributed by atoms with Crippen molar-refractivity contribution in [3.05, 3.63) is 35.4 Å². The molecule has 0 radical (unpaired) electrons. The summed E-state index contributed by atoms with van der Waals surface area (Å²) in [6, 6.07) is 8.52. The van der Waals surface area contributed by atoms with Gasteiger partial charge in [0.05, 0.1) is 6.10 Å². The highest BCUT2D eigenvalue weighted by Crippen LogP contribution is 2.33. The molecule has 1 N–H and O–H groups in total. The zero-order valence-corrected chi connectivity index (χ0v) is 14.1. The molecule has 2 heteroatoms. The van der Waals surface area contributed by atoms with Gasteiger partial charge in [-0.2, -0.15) is 0 Å². The predicted molar refractivity (Wildman–Crippen MR) is 89.4 cm³/mol. The molecule has 2 nitrogen and oxygen atoms in total. The lowest BCUT2D eigenvalue weighted by molar-refractivity contribution is -0.0209. The second-order valence-electron chi connectivity index (χ2n) is 7.45. The molecule has 0 saturated carbocycles. The van der Waals surface area contributed by atoms with Gasteiger partial charge in [0.25, 0.3) is 0 Å². The van der Waals surface area contributed by atoms with E-state index in [0.29, 0.717) is 5.92 Å².